The van der Waals surface area contributed by atoms with Crippen LogP contribution in [-0.2, 0) is 6.54 Å². The van der Waals surface area contributed by atoms with Crippen LogP contribution < -0.4 is 5.32 Å². The maximum absolute atomic E-state index is 5.82. The first kappa shape index (κ1) is 10.9. The van der Waals surface area contributed by atoms with Gasteiger partial charge in [-0.15, -0.1) is 5.10 Å². The number of aromatic nitrogens is 5. The molecule has 0 unspecified atom stereocenters. The summed E-state index contributed by atoms with van der Waals surface area (Å²) in [6, 6.07) is 9.98. The van der Waals surface area contributed by atoms with Crippen molar-refractivity contribution in [3.8, 4) is 0 Å². The summed E-state index contributed by atoms with van der Waals surface area (Å²) in [6.07, 6.45) is 0. The van der Waals surface area contributed by atoms with E-state index >= 15 is 0 Å². The third kappa shape index (κ3) is 2.10. The quantitative estimate of drug-likeness (QED) is 0.704. The predicted molar refractivity (Wildman–Crippen MR) is 68.3 cm³/mol. The van der Waals surface area contributed by atoms with Crippen molar-refractivity contribution in [2.24, 2.45) is 0 Å². The van der Waals surface area contributed by atoms with Crippen LogP contribution in [0.25, 0.3) is 11.2 Å². The highest BCUT2D eigenvalue weighted by Gasteiger charge is 2.09. The van der Waals surface area contributed by atoms with Crippen LogP contribution in [-0.4, -0.2) is 25.4 Å². The average molecular weight is 261 g/mol. The average Bonchev–Trinajstić information content (AvgIpc) is 2.85. The summed E-state index contributed by atoms with van der Waals surface area (Å²) in [5, 5.41) is 13.6. The third-order valence-corrected chi connectivity index (χ3v) is 2.63. The Morgan fingerprint density at radius 3 is 2.83 bits per heavy atom. The van der Waals surface area contributed by atoms with Crippen molar-refractivity contribution in [2.45, 2.75) is 6.54 Å². The van der Waals surface area contributed by atoms with Gasteiger partial charge in [-0.25, -0.2) is 5.10 Å². The fourth-order valence-electron chi connectivity index (χ4n) is 1.63. The van der Waals surface area contributed by atoms with Crippen molar-refractivity contribution in [1.29, 1.82) is 0 Å². The summed E-state index contributed by atoms with van der Waals surface area (Å²) in [6.45, 7) is 0.635. The summed E-state index contributed by atoms with van der Waals surface area (Å²) in [5.74, 6) is 0.572. The standard InChI is InChI=1S/C11H9ClN6/c12-11-14-9(8-10(15-11)17-18-16-8)13-6-7-4-2-1-3-5-7/h1-5H,6H2,(H2,13,14,15,16,17,18). The van der Waals surface area contributed by atoms with Crippen molar-refractivity contribution < 1.29 is 0 Å². The molecule has 0 spiro atoms. The number of benzene rings is 1. The Labute approximate surface area is 107 Å². The van der Waals surface area contributed by atoms with E-state index in [4.69, 9.17) is 11.6 Å². The minimum Gasteiger partial charge on any atom is -0.364 e. The first-order chi connectivity index (χ1) is 8.83. The lowest BCUT2D eigenvalue weighted by Crippen LogP contribution is -2.03. The van der Waals surface area contributed by atoms with E-state index in [9.17, 15) is 0 Å². The molecule has 2 N–H and O–H groups in total. The number of halogens is 1. The molecule has 0 atom stereocenters. The zero-order chi connectivity index (χ0) is 12.4. The number of H-pyrrole nitrogens is 1. The number of hydrogen-bond donors (Lipinski definition) is 2. The molecule has 0 saturated heterocycles. The Balaban J connectivity index is 1.88. The Morgan fingerprint density at radius 2 is 2.00 bits per heavy atom. The number of anilines is 1. The molecule has 0 bridgehead atoms. The molecular weight excluding hydrogens is 252 g/mol. The predicted octanol–water partition coefficient (Wildman–Crippen LogP) is 2.01. The summed E-state index contributed by atoms with van der Waals surface area (Å²) >= 11 is 5.82. The van der Waals surface area contributed by atoms with E-state index in [2.05, 4.69) is 30.7 Å². The molecule has 0 aliphatic carbocycles. The molecule has 0 saturated carbocycles. The molecular formula is C11H9ClN6. The van der Waals surface area contributed by atoms with Crippen molar-refractivity contribution in [2.75, 3.05) is 5.32 Å². The van der Waals surface area contributed by atoms with Gasteiger partial charge < -0.3 is 5.32 Å². The van der Waals surface area contributed by atoms with Crippen LogP contribution in [0.2, 0.25) is 5.28 Å². The first-order valence-electron chi connectivity index (χ1n) is 5.35. The molecule has 2 aromatic heterocycles. The summed E-state index contributed by atoms with van der Waals surface area (Å²) in [7, 11) is 0. The van der Waals surface area contributed by atoms with Crippen LogP contribution in [0.15, 0.2) is 30.3 Å². The zero-order valence-electron chi connectivity index (χ0n) is 9.26. The summed E-state index contributed by atoms with van der Waals surface area (Å²) < 4.78 is 0. The van der Waals surface area contributed by atoms with Gasteiger partial charge >= 0.3 is 0 Å². The van der Waals surface area contributed by atoms with E-state index in [0.717, 1.165) is 5.56 Å². The Kier molecular flexibility index (Phi) is 2.77. The zero-order valence-corrected chi connectivity index (χ0v) is 10.0. The van der Waals surface area contributed by atoms with Crippen LogP contribution in [0.3, 0.4) is 0 Å². The lowest BCUT2D eigenvalue weighted by Gasteiger charge is -2.05. The van der Waals surface area contributed by atoms with Gasteiger partial charge in [0, 0.05) is 6.54 Å². The third-order valence-electron chi connectivity index (χ3n) is 2.47. The van der Waals surface area contributed by atoms with Crippen LogP contribution in [0, 0.1) is 0 Å². The number of hydrogen-bond acceptors (Lipinski definition) is 5. The minimum absolute atomic E-state index is 0.157. The highest BCUT2D eigenvalue weighted by atomic mass is 35.5. The van der Waals surface area contributed by atoms with Crippen LogP contribution in [0.5, 0.6) is 0 Å². The van der Waals surface area contributed by atoms with Crippen molar-refractivity contribution in [3.63, 3.8) is 0 Å². The van der Waals surface area contributed by atoms with E-state index in [1.54, 1.807) is 0 Å². The minimum atomic E-state index is 0.157. The molecule has 0 fully saturated rings. The summed E-state index contributed by atoms with van der Waals surface area (Å²) in [5.41, 5.74) is 2.24. The van der Waals surface area contributed by atoms with Gasteiger partial charge in [0.25, 0.3) is 0 Å². The van der Waals surface area contributed by atoms with Crippen molar-refractivity contribution >= 4 is 28.6 Å². The van der Waals surface area contributed by atoms with E-state index in [-0.39, 0.29) is 5.28 Å². The Morgan fingerprint density at radius 1 is 1.17 bits per heavy atom. The fourth-order valence-corrected chi connectivity index (χ4v) is 1.80. The molecule has 18 heavy (non-hydrogen) atoms. The molecule has 0 amide bonds. The lowest BCUT2D eigenvalue weighted by molar-refractivity contribution is 0.954. The largest absolute Gasteiger partial charge is 0.364 e. The maximum atomic E-state index is 5.82. The molecule has 1 aromatic carbocycles. The topological polar surface area (TPSA) is 79.4 Å². The number of fused-ring (bicyclic) bond motifs is 1. The molecule has 0 aliphatic heterocycles. The van der Waals surface area contributed by atoms with Gasteiger partial charge in [-0.2, -0.15) is 9.97 Å². The second-order valence-corrected chi connectivity index (χ2v) is 4.03. The maximum Gasteiger partial charge on any atom is 0.226 e. The van der Waals surface area contributed by atoms with Gasteiger partial charge in [0.05, 0.1) is 0 Å². The molecule has 90 valence electrons. The smallest absolute Gasteiger partial charge is 0.226 e. The first-order valence-corrected chi connectivity index (χ1v) is 5.73. The van der Waals surface area contributed by atoms with E-state index in [1.807, 2.05) is 30.3 Å². The SMILES string of the molecule is Clc1nc(NCc2ccccc2)c2nn[nH]c2n1. The monoisotopic (exact) mass is 260 g/mol. The molecule has 2 heterocycles. The van der Waals surface area contributed by atoms with Crippen LogP contribution in [0.1, 0.15) is 5.56 Å². The van der Waals surface area contributed by atoms with Crippen molar-refractivity contribution in [3.05, 3.63) is 41.2 Å². The van der Waals surface area contributed by atoms with Gasteiger partial charge in [-0.05, 0) is 17.2 Å². The second kappa shape index (κ2) is 4.58. The van der Waals surface area contributed by atoms with Gasteiger partial charge in [-0.3, -0.25) is 0 Å². The molecule has 0 radical (unpaired) electrons. The Hall–Kier alpha value is -2.21. The number of rotatable bonds is 3. The van der Waals surface area contributed by atoms with E-state index in [1.165, 1.54) is 0 Å². The molecule has 3 aromatic rings. The molecule has 6 nitrogen and oxygen atoms in total. The van der Waals surface area contributed by atoms with E-state index in [0.29, 0.717) is 23.5 Å². The number of aromatic amines is 1. The molecule has 0 aliphatic rings. The highest BCUT2D eigenvalue weighted by Crippen LogP contribution is 2.18. The van der Waals surface area contributed by atoms with Gasteiger partial charge in [0.2, 0.25) is 5.28 Å². The van der Waals surface area contributed by atoms with Crippen LogP contribution >= 0.6 is 11.6 Å². The normalized spacial score (nSPS) is 10.7. The summed E-state index contributed by atoms with van der Waals surface area (Å²) in [4.78, 5) is 8.09. The van der Waals surface area contributed by atoms with Gasteiger partial charge in [-0.1, -0.05) is 35.5 Å². The van der Waals surface area contributed by atoms with E-state index < -0.39 is 0 Å². The Bertz CT molecular complexity index is 666. The number of nitrogens with zero attached hydrogens (tertiary/aromatic N) is 4. The molecule has 7 heteroatoms. The van der Waals surface area contributed by atoms with Gasteiger partial charge in [0.1, 0.15) is 0 Å². The van der Waals surface area contributed by atoms with Crippen LogP contribution in [0.4, 0.5) is 5.82 Å². The molecule has 3 rings (SSSR count). The fraction of sp³-hybridized carbons (Fsp3) is 0.0909. The number of nitrogens with one attached hydrogen (secondary N) is 2. The second-order valence-electron chi connectivity index (χ2n) is 3.69. The lowest BCUT2D eigenvalue weighted by atomic mass is 10.2. The highest BCUT2D eigenvalue weighted by molar-refractivity contribution is 6.28. The van der Waals surface area contributed by atoms with Gasteiger partial charge in [0.15, 0.2) is 17.0 Å². The van der Waals surface area contributed by atoms with Crippen molar-refractivity contribution in [1.82, 2.24) is 25.4 Å².